The van der Waals surface area contributed by atoms with Gasteiger partial charge in [0.15, 0.2) is 0 Å². The molecule has 0 bridgehead atoms. The summed E-state index contributed by atoms with van der Waals surface area (Å²) in [7, 11) is 0. The van der Waals surface area contributed by atoms with E-state index < -0.39 is 5.72 Å². The maximum Gasteiger partial charge on any atom is 0.409 e. The molecule has 0 spiro atoms. The first-order valence-electron chi connectivity index (χ1n) is 5.78. The molecule has 1 amide bonds. The molecule has 0 aromatic heterocycles. The standard InChI is InChI=1S/C12H15N3O2/c13-7-12(8-14-11(16)17-12)15-6-5-9-3-1-2-4-10(9)15/h1-4H,5-8,13H2,(H,14,16). The Morgan fingerprint density at radius 1 is 1.47 bits per heavy atom. The lowest BCUT2D eigenvalue weighted by Gasteiger charge is -2.36. The third-order valence-electron chi connectivity index (χ3n) is 3.49. The van der Waals surface area contributed by atoms with Crippen molar-refractivity contribution < 1.29 is 9.53 Å². The molecule has 0 aliphatic carbocycles. The Bertz CT molecular complexity index is 463. The van der Waals surface area contributed by atoms with Crippen molar-refractivity contribution in [1.29, 1.82) is 0 Å². The van der Waals surface area contributed by atoms with Crippen LogP contribution in [0.5, 0.6) is 0 Å². The van der Waals surface area contributed by atoms with Gasteiger partial charge < -0.3 is 20.7 Å². The molecule has 5 nitrogen and oxygen atoms in total. The number of nitrogens with one attached hydrogen (secondary N) is 1. The first kappa shape index (κ1) is 10.4. The number of anilines is 1. The van der Waals surface area contributed by atoms with Gasteiger partial charge in [-0.15, -0.1) is 0 Å². The molecule has 1 unspecified atom stereocenters. The molecule has 1 atom stereocenters. The molecule has 5 heteroatoms. The molecule has 2 aliphatic rings. The van der Waals surface area contributed by atoms with Gasteiger partial charge in [-0.05, 0) is 18.1 Å². The van der Waals surface area contributed by atoms with Crippen molar-refractivity contribution in [3.8, 4) is 0 Å². The Labute approximate surface area is 99.5 Å². The zero-order valence-electron chi connectivity index (χ0n) is 9.48. The number of hydrogen-bond donors (Lipinski definition) is 2. The van der Waals surface area contributed by atoms with Gasteiger partial charge in [0.1, 0.15) is 0 Å². The van der Waals surface area contributed by atoms with Crippen LogP contribution in [0.2, 0.25) is 0 Å². The lowest BCUT2D eigenvalue weighted by Crippen LogP contribution is -2.56. The summed E-state index contributed by atoms with van der Waals surface area (Å²) >= 11 is 0. The lowest BCUT2D eigenvalue weighted by molar-refractivity contribution is 0.0619. The van der Waals surface area contributed by atoms with Crippen molar-refractivity contribution in [2.75, 3.05) is 24.5 Å². The average molecular weight is 233 g/mol. The summed E-state index contributed by atoms with van der Waals surface area (Å²) in [6.07, 6.45) is 0.579. The van der Waals surface area contributed by atoms with Crippen LogP contribution in [-0.2, 0) is 11.2 Å². The van der Waals surface area contributed by atoms with Crippen LogP contribution >= 0.6 is 0 Å². The molecule has 17 heavy (non-hydrogen) atoms. The zero-order chi connectivity index (χ0) is 11.9. The molecule has 0 radical (unpaired) electrons. The summed E-state index contributed by atoms with van der Waals surface area (Å²) in [6.45, 7) is 1.57. The number of amides is 1. The predicted molar refractivity (Wildman–Crippen MR) is 63.8 cm³/mol. The number of para-hydroxylation sites is 1. The monoisotopic (exact) mass is 233 g/mol. The van der Waals surface area contributed by atoms with Crippen molar-refractivity contribution in [1.82, 2.24) is 5.32 Å². The zero-order valence-corrected chi connectivity index (χ0v) is 9.48. The van der Waals surface area contributed by atoms with E-state index in [1.807, 2.05) is 18.2 Å². The lowest BCUT2D eigenvalue weighted by atomic mass is 10.1. The van der Waals surface area contributed by atoms with Crippen molar-refractivity contribution in [2.24, 2.45) is 5.73 Å². The van der Waals surface area contributed by atoms with Gasteiger partial charge in [0.2, 0.25) is 5.72 Å². The number of carbonyl (C=O) groups excluding carboxylic acids is 1. The first-order chi connectivity index (χ1) is 8.25. The van der Waals surface area contributed by atoms with Crippen LogP contribution in [0.3, 0.4) is 0 Å². The average Bonchev–Trinajstić information content (AvgIpc) is 2.93. The van der Waals surface area contributed by atoms with E-state index in [-0.39, 0.29) is 6.09 Å². The van der Waals surface area contributed by atoms with Crippen LogP contribution in [0.15, 0.2) is 24.3 Å². The minimum absolute atomic E-state index is 0.292. The summed E-state index contributed by atoms with van der Waals surface area (Å²) in [5, 5.41) is 2.69. The number of nitrogens with zero attached hydrogens (tertiary/aromatic N) is 1. The number of rotatable bonds is 2. The van der Waals surface area contributed by atoms with Crippen molar-refractivity contribution >= 4 is 11.8 Å². The van der Waals surface area contributed by atoms with Gasteiger partial charge in [-0.1, -0.05) is 18.2 Å². The Balaban J connectivity index is 1.98. The van der Waals surface area contributed by atoms with E-state index in [9.17, 15) is 4.79 Å². The van der Waals surface area contributed by atoms with Crippen LogP contribution in [0, 0.1) is 0 Å². The highest BCUT2D eigenvalue weighted by Crippen LogP contribution is 2.35. The summed E-state index contributed by atoms with van der Waals surface area (Å²) < 4.78 is 5.39. The SMILES string of the molecule is NCC1(N2CCc3ccccc32)CNC(=O)O1. The molecule has 1 saturated heterocycles. The number of nitrogens with two attached hydrogens (primary N) is 1. The second kappa shape index (κ2) is 3.63. The van der Waals surface area contributed by atoms with E-state index in [4.69, 9.17) is 10.5 Å². The Hall–Kier alpha value is -1.75. The molecule has 2 heterocycles. The quantitative estimate of drug-likeness (QED) is 0.778. The molecule has 0 saturated carbocycles. The maximum atomic E-state index is 11.3. The van der Waals surface area contributed by atoms with Crippen molar-refractivity contribution in [3.63, 3.8) is 0 Å². The van der Waals surface area contributed by atoms with E-state index in [0.29, 0.717) is 13.1 Å². The second-order valence-electron chi connectivity index (χ2n) is 4.42. The highest BCUT2D eigenvalue weighted by Gasteiger charge is 2.46. The molecule has 3 rings (SSSR count). The molecule has 2 aliphatic heterocycles. The third kappa shape index (κ3) is 1.46. The molecular weight excluding hydrogens is 218 g/mol. The molecule has 1 fully saturated rings. The van der Waals surface area contributed by atoms with Crippen LogP contribution in [-0.4, -0.2) is 31.5 Å². The topological polar surface area (TPSA) is 67.6 Å². The molecule has 1 aromatic rings. The minimum atomic E-state index is -0.719. The molecule has 1 aromatic carbocycles. The fraction of sp³-hybridized carbons (Fsp3) is 0.417. The molecule has 90 valence electrons. The number of carbonyl (C=O) groups is 1. The number of hydrogen-bond acceptors (Lipinski definition) is 4. The minimum Gasteiger partial charge on any atom is -0.419 e. The van der Waals surface area contributed by atoms with Crippen LogP contribution in [0.4, 0.5) is 10.5 Å². The largest absolute Gasteiger partial charge is 0.419 e. The Morgan fingerprint density at radius 3 is 3.00 bits per heavy atom. The fourth-order valence-corrected chi connectivity index (χ4v) is 2.59. The van der Waals surface area contributed by atoms with E-state index in [1.54, 1.807) is 0 Å². The molecule has 3 N–H and O–H groups in total. The Kier molecular flexibility index (Phi) is 2.22. The highest BCUT2D eigenvalue weighted by molar-refractivity contribution is 5.72. The van der Waals surface area contributed by atoms with Crippen LogP contribution in [0.25, 0.3) is 0 Å². The predicted octanol–water partition coefficient (Wildman–Crippen LogP) is 0.444. The van der Waals surface area contributed by atoms with Crippen LogP contribution < -0.4 is 16.0 Å². The van der Waals surface area contributed by atoms with E-state index in [1.165, 1.54) is 5.56 Å². The summed E-state index contributed by atoms with van der Waals surface area (Å²) in [5.41, 5.74) is 7.49. The van der Waals surface area contributed by atoms with Gasteiger partial charge in [-0.3, -0.25) is 0 Å². The van der Waals surface area contributed by atoms with E-state index >= 15 is 0 Å². The van der Waals surface area contributed by atoms with Gasteiger partial charge in [0.05, 0.1) is 13.1 Å². The molecular formula is C12H15N3O2. The number of ether oxygens (including phenoxy) is 1. The number of cyclic esters (lactones) is 1. The fourth-order valence-electron chi connectivity index (χ4n) is 2.59. The normalized spacial score (nSPS) is 26.6. The first-order valence-corrected chi connectivity index (χ1v) is 5.78. The van der Waals surface area contributed by atoms with E-state index in [2.05, 4.69) is 16.3 Å². The maximum absolute atomic E-state index is 11.3. The summed E-state index contributed by atoms with van der Waals surface area (Å²) in [4.78, 5) is 13.4. The number of benzene rings is 1. The smallest absolute Gasteiger partial charge is 0.409 e. The third-order valence-corrected chi connectivity index (χ3v) is 3.49. The van der Waals surface area contributed by atoms with E-state index in [0.717, 1.165) is 18.7 Å². The highest BCUT2D eigenvalue weighted by atomic mass is 16.6. The van der Waals surface area contributed by atoms with Gasteiger partial charge in [-0.2, -0.15) is 0 Å². The summed E-state index contributed by atoms with van der Waals surface area (Å²) in [5.74, 6) is 0. The van der Waals surface area contributed by atoms with Gasteiger partial charge >= 0.3 is 6.09 Å². The van der Waals surface area contributed by atoms with Gasteiger partial charge in [0.25, 0.3) is 0 Å². The summed E-state index contributed by atoms with van der Waals surface area (Å²) in [6, 6.07) is 8.16. The van der Waals surface area contributed by atoms with Gasteiger partial charge in [-0.25, -0.2) is 4.79 Å². The number of fused-ring (bicyclic) bond motifs is 1. The second-order valence-corrected chi connectivity index (χ2v) is 4.42. The Morgan fingerprint density at radius 2 is 2.29 bits per heavy atom. The van der Waals surface area contributed by atoms with Crippen molar-refractivity contribution in [2.45, 2.75) is 12.1 Å². The van der Waals surface area contributed by atoms with Crippen LogP contribution in [0.1, 0.15) is 5.56 Å². The van der Waals surface area contributed by atoms with Gasteiger partial charge in [0, 0.05) is 12.2 Å². The van der Waals surface area contributed by atoms with Crippen molar-refractivity contribution in [3.05, 3.63) is 29.8 Å². The number of alkyl carbamates (subject to hydrolysis) is 1.